The Kier molecular flexibility index (Phi) is 6.77. The quantitative estimate of drug-likeness (QED) is 0.701. The van der Waals surface area contributed by atoms with Crippen LogP contribution in [0.15, 0.2) is 6.20 Å². The average molecular weight is 298 g/mol. The van der Waals surface area contributed by atoms with Crippen LogP contribution in [0.25, 0.3) is 0 Å². The summed E-state index contributed by atoms with van der Waals surface area (Å²) >= 11 is 0. The highest BCUT2D eigenvalue weighted by molar-refractivity contribution is 5.76. The van der Waals surface area contributed by atoms with E-state index in [-0.39, 0.29) is 18.0 Å². The average Bonchev–Trinajstić information content (AvgIpc) is 2.86. The van der Waals surface area contributed by atoms with Crippen molar-refractivity contribution in [1.29, 1.82) is 0 Å². The predicted octanol–water partition coefficient (Wildman–Crippen LogP) is 1.65. The molecule has 0 fully saturated rings. The van der Waals surface area contributed by atoms with E-state index in [1.807, 2.05) is 34.6 Å². The van der Waals surface area contributed by atoms with E-state index in [0.717, 1.165) is 6.42 Å². The van der Waals surface area contributed by atoms with E-state index in [1.165, 1.54) is 4.68 Å². The van der Waals surface area contributed by atoms with Crippen molar-refractivity contribution in [3.63, 3.8) is 0 Å². The first-order chi connectivity index (χ1) is 9.91. The SMILES string of the molecule is CCOC(OCC)c1cn(CC(=O)NC(C)(C)CC)nn1. The van der Waals surface area contributed by atoms with Gasteiger partial charge in [-0.3, -0.25) is 4.79 Å². The second kappa shape index (κ2) is 8.09. The Hall–Kier alpha value is -1.47. The third kappa shape index (κ3) is 5.81. The molecule has 7 heteroatoms. The zero-order chi connectivity index (χ0) is 15.9. The Morgan fingerprint density at radius 2 is 1.95 bits per heavy atom. The molecule has 0 aliphatic rings. The van der Waals surface area contributed by atoms with Gasteiger partial charge >= 0.3 is 0 Å². The van der Waals surface area contributed by atoms with Crippen molar-refractivity contribution in [3.8, 4) is 0 Å². The van der Waals surface area contributed by atoms with Gasteiger partial charge in [-0.05, 0) is 34.1 Å². The van der Waals surface area contributed by atoms with Crippen LogP contribution in [-0.2, 0) is 20.8 Å². The molecule has 1 heterocycles. The highest BCUT2D eigenvalue weighted by atomic mass is 16.7. The van der Waals surface area contributed by atoms with Crippen LogP contribution < -0.4 is 5.32 Å². The van der Waals surface area contributed by atoms with Crippen molar-refractivity contribution in [3.05, 3.63) is 11.9 Å². The van der Waals surface area contributed by atoms with Gasteiger partial charge in [0.25, 0.3) is 0 Å². The van der Waals surface area contributed by atoms with Gasteiger partial charge in [0.15, 0.2) is 0 Å². The molecule has 7 nitrogen and oxygen atoms in total. The van der Waals surface area contributed by atoms with Crippen LogP contribution in [0.5, 0.6) is 0 Å². The molecule has 1 aromatic heterocycles. The molecule has 0 aliphatic heterocycles. The van der Waals surface area contributed by atoms with Crippen LogP contribution in [-0.4, -0.2) is 39.7 Å². The third-order valence-electron chi connectivity index (χ3n) is 3.10. The standard InChI is InChI=1S/C14H26N4O3/c1-6-14(4,5)15-12(19)10-18-9-11(16-17-18)13(20-7-2)21-8-3/h9,13H,6-8,10H2,1-5H3,(H,15,19). The Balaban J connectivity index is 2.64. The fourth-order valence-electron chi connectivity index (χ4n) is 1.67. The number of hydrogen-bond acceptors (Lipinski definition) is 5. The van der Waals surface area contributed by atoms with Crippen LogP contribution >= 0.6 is 0 Å². The summed E-state index contributed by atoms with van der Waals surface area (Å²) in [5.74, 6) is -0.0948. The number of hydrogen-bond donors (Lipinski definition) is 1. The van der Waals surface area contributed by atoms with E-state index >= 15 is 0 Å². The fourth-order valence-corrected chi connectivity index (χ4v) is 1.67. The smallest absolute Gasteiger partial charge is 0.242 e. The van der Waals surface area contributed by atoms with E-state index in [0.29, 0.717) is 18.9 Å². The number of nitrogens with one attached hydrogen (secondary N) is 1. The van der Waals surface area contributed by atoms with Crippen LogP contribution in [0.3, 0.4) is 0 Å². The number of nitrogens with zero attached hydrogens (tertiary/aromatic N) is 3. The van der Waals surface area contributed by atoms with Gasteiger partial charge in [0.2, 0.25) is 12.2 Å². The zero-order valence-electron chi connectivity index (χ0n) is 13.5. The van der Waals surface area contributed by atoms with Gasteiger partial charge in [-0.25, -0.2) is 4.68 Å². The van der Waals surface area contributed by atoms with Crippen molar-refractivity contribution in [1.82, 2.24) is 20.3 Å². The second-order valence-electron chi connectivity index (χ2n) is 5.37. The second-order valence-corrected chi connectivity index (χ2v) is 5.37. The summed E-state index contributed by atoms with van der Waals surface area (Å²) in [7, 11) is 0. The Bertz CT molecular complexity index is 439. The summed E-state index contributed by atoms with van der Waals surface area (Å²) in [6.07, 6.45) is 2.00. The number of amides is 1. The minimum atomic E-state index is -0.538. The van der Waals surface area contributed by atoms with Crippen LogP contribution in [0.4, 0.5) is 0 Å². The van der Waals surface area contributed by atoms with Gasteiger partial charge in [-0.1, -0.05) is 12.1 Å². The van der Waals surface area contributed by atoms with E-state index in [4.69, 9.17) is 9.47 Å². The Labute approximate surface area is 126 Å². The van der Waals surface area contributed by atoms with Crippen molar-refractivity contribution in [2.75, 3.05) is 13.2 Å². The van der Waals surface area contributed by atoms with Gasteiger partial charge in [0.05, 0.1) is 6.20 Å². The van der Waals surface area contributed by atoms with Gasteiger partial charge in [0.1, 0.15) is 12.2 Å². The molecule has 0 aromatic carbocycles. The number of aromatic nitrogens is 3. The van der Waals surface area contributed by atoms with E-state index < -0.39 is 6.29 Å². The summed E-state index contributed by atoms with van der Waals surface area (Å²) in [6.45, 7) is 10.9. The lowest BCUT2D eigenvalue weighted by Gasteiger charge is -2.24. The predicted molar refractivity (Wildman–Crippen MR) is 78.5 cm³/mol. The normalized spacial score (nSPS) is 11.9. The number of ether oxygens (including phenoxy) is 2. The summed E-state index contributed by atoms with van der Waals surface area (Å²) in [5, 5.41) is 10.9. The highest BCUT2D eigenvalue weighted by Gasteiger charge is 2.20. The molecule has 0 radical (unpaired) electrons. The topological polar surface area (TPSA) is 78.3 Å². The minimum absolute atomic E-state index is 0.0948. The molecule has 1 aromatic rings. The molecule has 0 unspecified atom stereocenters. The molecule has 0 atom stereocenters. The van der Waals surface area contributed by atoms with Crippen molar-refractivity contribution < 1.29 is 14.3 Å². The molecule has 1 N–H and O–H groups in total. The monoisotopic (exact) mass is 298 g/mol. The van der Waals surface area contributed by atoms with Crippen molar-refractivity contribution >= 4 is 5.91 Å². The lowest BCUT2D eigenvalue weighted by molar-refractivity contribution is -0.142. The zero-order valence-corrected chi connectivity index (χ0v) is 13.5. The maximum atomic E-state index is 12.0. The summed E-state index contributed by atoms with van der Waals surface area (Å²) < 4.78 is 12.4. The molecular weight excluding hydrogens is 272 g/mol. The maximum absolute atomic E-state index is 12.0. The summed E-state index contributed by atoms with van der Waals surface area (Å²) in [5.41, 5.74) is 0.348. The molecular formula is C14H26N4O3. The number of carbonyl (C=O) groups is 1. The molecule has 0 aliphatic carbocycles. The van der Waals surface area contributed by atoms with Crippen LogP contribution in [0.2, 0.25) is 0 Å². The molecule has 120 valence electrons. The van der Waals surface area contributed by atoms with Crippen molar-refractivity contribution in [2.24, 2.45) is 0 Å². The lowest BCUT2D eigenvalue weighted by atomic mass is 10.0. The van der Waals surface area contributed by atoms with Crippen LogP contribution in [0.1, 0.15) is 53.0 Å². The van der Waals surface area contributed by atoms with Crippen LogP contribution in [0, 0.1) is 0 Å². The van der Waals surface area contributed by atoms with Gasteiger partial charge < -0.3 is 14.8 Å². The first kappa shape index (κ1) is 17.6. The molecule has 1 rings (SSSR count). The van der Waals surface area contributed by atoms with Gasteiger partial charge in [0, 0.05) is 18.8 Å². The maximum Gasteiger partial charge on any atom is 0.242 e. The van der Waals surface area contributed by atoms with Gasteiger partial charge in [-0.2, -0.15) is 0 Å². The third-order valence-corrected chi connectivity index (χ3v) is 3.10. The highest BCUT2D eigenvalue weighted by Crippen LogP contribution is 2.15. The first-order valence-electron chi connectivity index (χ1n) is 7.36. The molecule has 0 saturated heterocycles. The molecule has 21 heavy (non-hydrogen) atoms. The lowest BCUT2D eigenvalue weighted by Crippen LogP contribution is -2.44. The minimum Gasteiger partial charge on any atom is -0.350 e. The van der Waals surface area contributed by atoms with E-state index in [9.17, 15) is 4.79 Å². The molecule has 1 amide bonds. The largest absolute Gasteiger partial charge is 0.350 e. The van der Waals surface area contributed by atoms with E-state index in [1.54, 1.807) is 6.20 Å². The summed E-state index contributed by atoms with van der Waals surface area (Å²) in [4.78, 5) is 12.0. The molecule has 0 spiro atoms. The van der Waals surface area contributed by atoms with E-state index in [2.05, 4.69) is 15.6 Å². The Morgan fingerprint density at radius 1 is 1.33 bits per heavy atom. The fraction of sp³-hybridized carbons (Fsp3) is 0.786. The Morgan fingerprint density at radius 3 is 2.48 bits per heavy atom. The summed E-state index contributed by atoms with van der Waals surface area (Å²) in [6, 6.07) is 0. The van der Waals surface area contributed by atoms with Gasteiger partial charge in [-0.15, -0.1) is 5.10 Å². The molecule has 0 bridgehead atoms. The van der Waals surface area contributed by atoms with Crippen molar-refractivity contribution in [2.45, 2.75) is 59.4 Å². The number of rotatable bonds is 9. The first-order valence-corrected chi connectivity index (χ1v) is 7.36. The molecule has 0 saturated carbocycles. The number of carbonyl (C=O) groups excluding carboxylic acids is 1.